The first-order chi connectivity index (χ1) is 8.55. The standard InChI is InChI=1S/C14H27N3O.2ClH/c1-3-16(2)10-12-6-9-17(11-12)13(18)14(15)7-4-5-8-14;;/h12H,3-11,15H2,1-2H3;2*1H. The number of hydrogen-bond acceptors (Lipinski definition) is 3. The van der Waals surface area contributed by atoms with Crippen LogP contribution in [0.25, 0.3) is 0 Å². The fourth-order valence-electron chi connectivity index (χ4n) is 3.27. The maximum Gasteiger partial charge on any atom is 0.242 e. The molecule has 6 heteroatoms. The molecule has 20 heavy (non-hydrogen) atoms. The molecule has 0 bridgehead atoms. The topological polar surface area (TPSA) is 49.6 Å². The summed E-state index contributed by atoms with van der Waals surface area (Å²) in [6.07, 6.45) is 5.10. The fourth-order valence-corrected chi connectivity index (χ4v) is 3.27. The van der Waals surface area contributed by atoms with Crippen molar-refractivity contribution in [3.05, 3.63) is 0 Å². The molecule has 1 unspecified atom stereocenters. The van der Waals surface area contributed by atoms with E-state index in [2.05, 4.69) is 18.9 Å². The fraction of sp³-hybridized carbons (Fsp3) is 0.929. The highest BCUT2D eigenvalue weighted by molar-refractivity contribution is 5.86. The summed E-state index contributed by atoms with van der Waals surface area (Å²) in [5.74, 6) is 0.838. The average Bonchev–Trinajstić information content (AvgIpc) is 2.98. The van der Waals surface area contributed by atoms with Gasteiger partial charge in [-0.05, 0) is 38.8 Å². The highest BCUT2D eigenvalue weighted by atomic mass is 35.5. The van der Waals surface area contributed by atoms with E-state index in [4.69, 9.17) is 5.73 Å². The summed E-state index contributed by atoms with van der Waals surface area (Å²) < 4.78 is 0. The Hall–Kier alpha value is -0.0300. The summed E-state index contributed by atoms with van der Waals surface area (Å²) in [5.41, 5.74) is 5.72. The third-order valence-corrected chi connectivity index (χ3v) is 4.60. The van der Waals surface area contributed by atoms with Crippen LogP contribution in [0.3, 0.4) is 0 Å². The van der Waals surface area contributed by atoms with Crippen molar-refractivity contribution < 1.29 is 4.79 Å². The van der Waals surface area contributed by atoms with Gasteiger partial charge in [0.15, 0.2) is 0 Å². The summed E-state index contributed by atoms with van der Waals surface area (Å²) in [6.45, 7) is 6.15. The van der Waals surface area contributed by atoms with Crippen LogP contribution < -0.4 is 5.73 Å². The first-order valence-electron chi connectivity index (χ1n) is 7.32. The van der Waals surface area contributed by atoms with Gasteiger partial charge in [-0.25, -0.2) is 0 Å². The van der Waals surface area contributed by atoms with Crippen LogP contribution in [0.1, 0.15) is 39.0 Å². The van der Waals surface area contributed by atoms with E-state index in [1.54, 1.807) is 0 Å². The van der Waals surface area contributed by atoms with Crippen molar-refractivity contribution in [3.8, 4) is 0 Å². The summed E-state index contributed by atoms with van der Waals surface area (Å²) in [4.78, 5) is 16.8. The lowest BCUT2D eigenvalue weighted by atomic mass is 9.97. The normalized spacial score (nSPS) is 24.4. The molecule has 2 aliphatic rings. The number of carbonyl (C=O) groups excluding carboxylic acids is 1. The van der Waals surface area contributed by atoms with Crippen LogP contribution in [-0.4, -0.2) is 54.5 Å². The molecule has 1 aliphatic carbocycles. The van der Waals surface area contributed by atoms with E-state index in [1.807, 2.05) is 4.90 Å². The van der Waals surface area contributed by atoms with Crippen molar-refractivity contribution >= 4 is 30.7 Å². The molecule has 0 radical (unpaired) electrons. The Kier molecular flexibility index (Phi) is 8.41. The van der Waals surface area contributed by atoms with Gasteiger partial charge >= 0.3 is 0 Å². The number of nitrogens with two attached hydrogens (primary N) is 1. The second kappa shape index (κ2) is 8.42. The zero-order valence-corrected chi connectivity index (χ0v) is 14.3. The molecular weight excluding hydrogens is 297 g/mol. The smallest absolute Gasteiger partial charge is 0.242 e. The van der Waals surface area contributed by atoms with Gasteiger partial charge < -0.3 is 15.5 Å². The molecule has 1 saturated heterocycles. The van der Waals surface area contributed by atoms with Crippen molar-refractivity contribution in [1.29, 1.82) is 0 Å². The molecule has 2 N–H and O–H groups in total. The number of halogens is 2. The molecule has 1 aliphatic heterocycles. The maximum absolute atomic E-state index is 12.5. The van der Waals surface area contributed by atoms with Crippen molar-refractivity contribution in [2.75, 3.05) is 33.2 Å². The molecule has 0 aromatic carbocycles. The molecular formula is C14H29Cl2N3O. The van der Waals surface area contributed by atoms with Crippen molar-refractivity contribution in [2.45, 2.75) is 44.6 Å². The quantitative estimate of drug-likeness (QED) is 0.858. The number of rotatable bonds is 4. The van der Waals surface area contributed by atoms with Gasteiger partial charge in [0.05, 0.1) is 5.54 Å². The Bertz CT molecular complexity index is 309. The highest BCUT2D eigenvalue weighted by Gasteiger charge is 2.41. The van der Waals surface area contributed by atoms with Crippen molar-refractivity contribution in [2.24, 2.45) is 11.7 Å². The Morgan fingerprint density at radius 1 is 1.35 bits per heavy atom. The van der Waals surface area contributed by atoms with Crippen molar-refractivity contribution in [3.63, 3.8) is 0 Å². The highest BCUT2D eigenvalue weighted by Crippen LogP contribution is 2.31. The maximum atomic E-state index is 12.5. The Morgan fingerprint density at radius 2 is 1.95 bits per heavy atom. The van der Waals surface area contributed by atoms with Gasteiger partial charge in [0.2, 0.25) is 5.91 Å². The van der Waals surface area contributed by atoms with E-state index in [1.165, 1.54) is 0 Å². The van der Waals surface area contributed by atoms with Gasteiger partial charge in [-0.15, -0.1) is 24.8 Å². The molecule has 1 saturated carbocycles. The molecule has 1 atom stereocenters. The molecule has 0 aromatic heterocycles. The van der Waals surface area contributed by atoms with E-state index < -0.39 is 5.54 Å². The monoisotopic (exact) mass is 325 g/mol. The van der Waals surface area contributed by atoms with Gasteiger partial charge in [0.1, 0.15) is 0 Å². The summed E-state index contributed by atoms with van der Waals surface area (Å²) in [7, 11) is 2.14. The summed E-state index contributed by atoms with van der Waals surface area (Å²) in [6, 6.07) is 0. The zero-order valence-electron chi connectivity index (χ0n) is 12.6. The molecule has 4 nitrogen and oxygen atoms in total. The van der Waals surface area contributed by atoms with Crippen molar-refractivity contribution in [1.82, 2.24) is 9.80 Å². The largest absolute Gasteiger partial charge is 0.341 e. The third-order valence-electron chi connectivity index (χ3n) is 4.60. The molecule has 0 spiro atoms. The minimum atomic E-state index is -0.536. The second-order valence-corrected chi connectivity index (χ2v) is 6.12. The first-order valence-corrected chi connectivity index (χ1v) is 7.32. The predicted molar refractivity (Wildman–Crippen MR) is 87.7 cm³/mol. The lowest BCUT2D eigenvalue weighted by molar-refractivity contribution is -0.135. The van der Waals surface area contributed by atoms with Gasteiger partial charge in [-0.1, -0.05) is 19.8 Å². The van der Waals surface area contributed by atoms with Gasteiger partial charge in [-0.2, -0.15) is 0 Å². The number of amides is 1. The van der Waals surface area contributed by atoms with E-state index in [0.29, 0.717) is 5.92 Å². The number of carbonyl (C=O) groups is 1. The van der Waals surface area contributed by atoms with E-state index in [9.17, 15) is 4.79 Å². The lowest BCUT2D eigenvalue weighted by Gasteiger charge is -2.29. The van der Waals surface area contributed by atoms with E-state index >= 15 is 0 Å². The van der Waals surface area contributed by atoms with Crippen LogP contribution in [-0.2, 0) is 4.79 Å². The Balaban J connectivity index is 0.00000180. The molecule has 1 amide bonds. The van der Waals surface area contributed by atoms with Gasteiger partial charge in [0.25, 0.3) is 0 Å². The molecule has 2 rings (SSSR count). The van der Waals surface area contributed by atoms with E-state index in [0.717, 1.165) is 58.3 Å². The van der Waals surface area contributed by atoms with Gasteiger partial charge in [-0.3, -0.25) is 4.79 Å². The van der Waals surface area contributed by atoms with Crippen LogP contribution in [0.5, 0.6) is 0 Å². The third kappa shape index (κ3) is 4.48. The number of hydrogen-bond donors (Lipinski definition) is 1. The molecule has 1 heterocycles. The minimum absolute atomic E-state index is 0. The average molecular weight is 326 g/mol. The molecule has 120 valence electrons. The summed E-state index contributed by atoms with van der Waals surface area (Å²) >= 11 is 0. The summed E-state index contributed by atoms with van der Waals surface area (Å²) in [5, 5.41) is 0. The predicted octanol–water partition coefficient (Wildman–Crippen LogP) is 1.90. The Morgan fingerprint density at radius 3 is 2.50 bits per heavy atom. The van der Waals surface area contributed by atoms with Crippen LogP contribution in [0.2, 0.25) is 0 Å². The van der Waals surface area contributed by atoms with Crippen LogP contribution in [0.15, 0.2) is 0 Å². The van der Waals surface area contributed by atoms with Crippen LogP contribution >= 0.6 is 24.8 Å². The number of likely N-dealkylation sites (tertiary alicyclic amines) is 1. The van der Waals surface area contributed by atoms with Gasteiger partial charge in [0, 0.05) is 19.6 Å². The lowest BCUT2D eigenvalue weighted by Crippen LogP contribution is -2.53. The first kappa shape index (κ1) is 20.0. The SMILES string of the molecule is CCN(C)CC1CCN(C(=O)C2(N)CCCC2)C1.Cl.Cl. The van der Waals surface area contributed by atoms with Crippen LogP contribution in [0, 0.1) is 5.92 Å². The second-order valence-electron chi connectivity index (χ2n) is 6.12. The zero-order chi connectivity index (χ0) is 13.2. The number of nitrogens with zero attached hydrogens (tertiary/aromatic N) is 2. The van der Waals surface area contributed by atoms with E-state index in [-0.39, 0.29) is 30.7 Å². The molecule has 0 aromatic rings. The van der Waals surface area contributed by atoms with Crippen LogP contribution in [0.4, 0.5) is 0 Å². The minimum Gasteiger partial charge on any atom is -0.341 e. The Labute approximate surface area is 135 Å². The molecule has 2 fully saturated rings.